The third-order valence-corrected chi connectivity index (χ3v) is 6.33. The van der Waals surface area contributed by atoms with E-state index in [9.17, 15) is 9.59 Å². The molecule has 2 aromatic rings. The van der Waals surface area contributed by atoms with Crippen molar-refractivity contribution >= 4 is 49.9 Å². The van der Waals surface area contributed by atoms with Crippen molar-refractivity contribution in [2.75, 3.05) is 30.3 Å². The number of para-hydroxylation sites is 1. The molecular formula is C19H23BrN4O2S. The summed E-state index contributed by atoms with van der Waals surface area (Å²) in [6, 6.07) is 7.56. The van der Waals surface area contributed by atoms with Gasteiger partial charge in [0.1, 0.15) is 0 Å². The summed E-state index contributed by atoms with van der Waals surface area (Å²) >= 11 is 4.93. The molecule has 1 atom stereocenters. The molecule has 27 heavy (non-hydrogen) atoms. The third-order valence-electron chi connectivity index (χ3n) is 4.65. The first-order valence-corrected chi connectivity index (χ1v) is 10.5. The Morgan fingerprint density at radius 1 is 1.30 bits per heavy atom. The zero-order valence-corrected chi connectivity index (χ0v) is 17.8. The second-order valence-electron chi connectivity index (χ2n) is 6.75. The quantitative estimate of drug-likeness (QED) is 0.725. The Kier molecular flexibility index (Phi) is 6.62. The number of halogens is 1. The lowest BCUT2D eigenvalue weighted by molar-refractivity contribution is -0.123. The van der Waals surface area contributed by atoms with E-state index in [1.54, 1.807) is 0 Å². The number of rotatable bonds is 5. The number of thiazole rings is 1. The summed E-state index contributed by atoms with van der Waals surface area (Å²) in [5.74, 6) is -0.211. The van der Waals surface area contributed by atoms with Gasteiger partial charge in [-0.05, 0) is 61.3 Å². The molecule has 2 N–H and O–H groups in total. The van der Waals surface area contributed by atoms with Crippen LogP contribution in [0, 0.1) is 19.8 Å². The van der Waals surface area contributed by atoms with E-state index in [0.717, 1.165) is 40.1 Å². The van der Waals surface area contributed by atoms with Crippen LogP contribution < -0.4 is 10.6 Å². The topological polar surface area (TPSA) is 74.3 Å². The van der Waals surface area contributed by atoms with Crippen LogP contribution in [-0.4, -0.2) is 41.3 Å². The fraction of sp³-hybridized carbons (Fsp3) is 0.421. The number of aryl methyl sites for hydroxylation is 2. The van der Waals surface area contributed by atoms with E-state index in [4.69, 9.17) is 0 Å². The standard InChI is InChI=1S/C19H23BrN4O2S/c1-12-13(2)27-19(21-12)23-17(25)11-24-9-5-6-14(10-24)18(26)22-16-8-4-3-7-15(16)20/h3-4,7-8,14H,5-6,9-11H2,1-2H3,(H,22,26)(H,21,23,25). The molecule has 2 amide bonds. The van der Waals surface area contributed by atoms with Gasteiger partial charge in [0, 0.05) is 15.9 Å². The lowest BCUT2D eigenvalue weighted by Crippen LogP contribution is -2.44. The number of benzene rings is 1. The number of anilines is 2. The highest BCUT2D eigenvalue weighted by Gasteiger charge is 2.27. The number of aromatic nitrogens is 1. The van der Waals surface area contributed by atoms with Gasteiger partial charge in [0.15, 0.2) is 5.13 Å². The van der Waals surface area contributed by atoms with E-state index in [1.807, 2.05) is 43.0 Å². The second kappa shape index (κ2) is 8.95. The number of likely N-dealkylation sites (tertiary alicyclic amines) is 1. The molecule has 0 aliphatic carbocycles. The van der Waals surface area contributed by atoms with Crippen LogP contribution in [0.5, 0.6) is 0 Å². The van der Waals surface area contributed by atoms with E-state index in [0.29, 0.717) is 11.7 Å². The fourth-order valence-electron chi connectivity index (χ4n) is 3.10. The Labute approximate surface area is 171 Å². The highest BCUT2D eigenvalue weighted by molar-refractivity contribution is 9.10. The summed E-state index contributed by atoms with van der Waals surface area (Å²) in [5.41, 5.74) is 1.71. The van der Waals surface area contributed by atoms with Gasteiger partial charge in [-0.2, -0.15) is 0 Å². The molecule has 8 heteroatoms. The summed E-state index contributed by atoms with van der Waals surface area (Å²) < 4.78 is 0.861. The van der Waals surface area contributed by atoms with Gasteiger partial charge in [0.2, 0.25) is 11.8 Å². The lowest BCUT2D eigenvalue weighted by atomic mass is 9.97. The number of nitrogens with zero attached hydrogens (tertiary/aromatic N) is 2. The number of hydrogen-bond donors (Lipinski definition) is 2. The first-order valence-electron chi connectivity index (χ1n) is 8.94. The summed E-state index contributed by atoms with van der Waals surface area (Å²) in [6.45, 7) is 5.60. The summed E-state index contributed by atoms with van der Waals surface area (Å²) in [7, 11) is 0. The molecule has 2 heterocycles. The van der Waals surface area contributed by atoms with Crippen molar-refractivity contribution in [2.45, 2.75) is 26.7 Å². The number of nitrogens with one attached hydrogen (secondary N) is 2. The van der Waals surface area contributed by atoms with Crippen LogP contribution in [0.3, 0.4) is 0 Å². The predicted molar refractivity (Wildman–Crippen MR) is 112 cm³/mol. The number of piperidine rings is 1. The van der Waals surface area contributed by atoms with Crippen LogP contribution in [0.1, 0.15) is 23.4 Å². The number of hydrogen-bond acceptors (Lipinski definition) is 5. The van der Waals surface area contributed by atoms with Gasteiger partial charge in [0.05, 0.1) is 23.8 Å². The van der Waals surface area contributed by atoms with Crippen LogP contribution in [0.25, 0.3) is 0 Å². The Hall–Kier alpha value is -1.77. The number of carbonyl (C=O) groups is 2. The van der Waals surface area contributed by atoms with E-state index in [2.05, 4.69) is 31.5 Å². The molecule has 0 bridgehead atoms. The maximum absolute atomic E-state index is 12.6. The minimum atomic E-state index is -0.122. The number of carbonyl (C=O) groups excluding carboxylic acids is 2. The zero-order valence-electron chi connectivity index (χ0n) is 15.4. The smallest absolute Gasteiger partial charge is 0.240 e. The molecule has 3 rings (SSSR count). The Morgan fingerprint density at radius 3 is 2.78 bits per heavy atom. The number of amides is 2. The van der Waals surface area contributed by atoms with Gasteiger partial charge < -0.3 is 10.6 Å². The molecule has 1 saturated heterocycles. The zero-order chi connectivity index (χ0) is 19.4. The van der Waals surface area contributed by atoms with Crippen LogP contribution in [0.2, 0.25) is 0 Å². The molecule has 0 spiro atoms. The van der Waals surface area contributed by atoms with Crippen LogP contribution in [0.15, 0.2) is 28.7 Å². The molecule has 1 unspecified atom stereocenters. The van der Waals surface area contributed by atoms with Gasteiger partial charge in [-0.25, -0.2) is 4.98 Å². The third kappa shape index (κ3) is 5.37. The lowest BCUT2D eigenvalue weighted by Gasteiger charge is -2.31. The molecule has 1 fully saturated rings. The second-order valence-corrected chi connectivity index (χ2v) is 8.81. The van der Waals surface area contributed by atoms with Crippen LogP contribution >= 0.6 is 27.3 Å². The van der Waals surface area contributed by atoms with Crippen molar-refractivity contribution in [3.8, 4) is 0 Å². The fourth-order valence-corrected chi connectivity index (χ4v) is 4.31. The van der Waals surface area contributed by atoms with Gasteiger partial charge in [-0.1, -0.05) is 12.1 Å². The normalized spacial score (nSPS) is 17.5. The molecule has 1 aromatic heterocycles. The van der Waals surface area contributed by atoms with Crippen molar-refractivity contribution in [1.29, 1.82) is 0 Å². The SMILES string of the molecule is Cc1nc(NC(=O)CN2CCCC(C(=O)Nc3ccccc3Br)C2)sc1C. The average molecular weight is 451 g/mol. The molecule has 1 aliphatic heterocycles. The minimum Gasteiger partial charge on any atom is -0.325 e. The molecule has 0 radical (unpaired) electrons. The van der Waals surface area contributed by atoms with E-state index < -0.39 is 0 Å². The van der Waals surface area contributed by atoms with Crippen LogP contribution in [0.4, 0.5) is 10.8 Å². The van der Waals surface area contributed by atoms with Gasteiger partial charge in [0.25, 0.3) is 0 Å². The van der Waals surface area contributed by atoms with Gasteiger partial charge in [-0.3, -0.25) is 14.5 Å². The molecule has 1 aromatic carbocycles. The molecule has 144 valence electrons. The van der Waals surface area contributed by atoms with Crippen molar-refractivity contribution in [2.24, 2.45) is 5.92 Å². The maximum atomic E-state index is 12.6. The summed E-state index contributed by atoms with van der Waals surface area (Å²) in [6.07, 6.45) is 1.73. The van der Waals surface area contributed by atoms with Crippen molar-refractivity contribution < 1.29 is 9.59 Å². The van der Waals surface area contributed by atoms with Crippen molar-refractivity contribution in [3.05, 3.63) is 39.3 Å². The highest BCUT2D eigenvalue weighted by atomic mass is 79.9. The Bertz CT molecular complexity index is 819. The predicted octanol–water partition coefficient (Wildman–Crippen LogP) is 3.81. The minimum absolute atomic E-state index is 0.00168. The summed E-state index contributed by atoms with van der Waals surface area (Å²) in [4.78, 5) is 32.4. The average Bonchev–Trinajstić information content (AvgIpc) is 2.94. The molecule has 6 nitrogen and oxygen atoms in total. The van der Waals surface area contributed by atoms with Crippen LogP contribution in [-0.2, 0) is 9.59 Å². The maximum Gasteiger partial charge on any atom is 0.240 e. The van der Waals surface area contributed by atoms with Crippen molar-refractivity contribution in [1.82, 2.24) is 9.88 Å². The van der Waals surface area contributed by atoms with Crippen molar-refractivity contribution in [3.63, 3.8) is 0 Å². The van der Waals surface area contributed by atoms with E-state index >= 15 is 0 Å². The molecule has 0 saturated carbocycles. The van der Waals surface area contributed by atoms with E-state index in [-0.39, 0.29) is 24.3 Å². The first kappa shape index (κ1) is 20.0. The summed E-state index contributed by atoms with van der Waals surface area (Å²) in [5, 5.41) is 6.48. The monoisotopic (exact) mass is 450 g/mol. The van der Waals surface area contributed by atoms with Gasteiger partial charge in [-0.15, -0.1) is 11.3 Å². The first-order chi connectivity index (χ1) is 12.9. The molecular weight excluding hydrogens is 428 g/mol. The van der Waals surface area contributed by atoms with Gasteiger partial charge >= 0.3 is 0 Å². The largest absolute Gasteiger partial charge is 0.325 e. The molecule has 1 aliphatic rings. The Balaban J connectivity index is 1.53. The Morgan fingerprint density at radius 2 is 2.07 bits per heavy atom. The highest BCUT2D eigenvalue weighted by Crippen LogP contribution is 2.24. The van der Waals surface area contributed by atoms with E-state index in [1.165, 1.54) is 11.3 Å².